The highest BCUT2D eigenvalue weighted by Crippen LogP contribution is 2.40. The number of aliphatic hydroxyl groups is 4. The third kappa shape index (κ3) is 11.0. The topological polar surface area (TPSA) is 163 Å². The van der Waals surface area contributed by atoms with Crippen molar-refractivity contribution in [1.82, 2.24) is 9.80 Å². The van der Waals surface area contributed by atoms with Gasteiger partial charge in [-0.05, 0) is 93.8 Å². The summed E-state index contributed by atoms with van der Waals surface area (Å²) in [6.45, 7) is 14.7. The highest BCUT2D eigenvalue weighted by molar-refractivity contribution is 5.88. The molecule has 0 radical (unpaired) electrons. The molecular weight excluding hydrogens is 694 g/mol. The quantitative estimate of drug-likeness (QED) is 0.146. The molecule has 4 N–H and O–H groups in total. The number of rotatable bonds is 10. The molecule has 0 aromatic carbocycles. The second-order valence-electron chi connectivity index (χ2n) is 17.2. The van der Waals surface area contributed by atoms with E-state index >= 15 is 0 Å². The second-order valence-corrected chi connectivity index (χ2v) is 17.2. The summed E-state index contributed by atoms with van der Waals surface area (Å²) in [5, 5.41) is 52.0. The van der Waals surface area contributed by atoms with Crippen LogP contribution in [0.1, 0.15) is 107 Å². The van der Waals surface area contributed by atoms with Crippen LogP contribution in [0.5, 0.6) is 0 Å². The van der Waals surface area contributed by atoms with E-state index in [9.17, 15) is 25.2 Å². The van der Waals surface area contributed by atoms with Crippen molar-refractivity contribution in [3.05, 3.63) is 0 Å². The van der Waals surface area contributed by atoms with Crippen LogP contribution < -0.4 is 0 Å². The van der Waals surface area contributed by atoms with Gasteiger partial charge in [-0.15, -0.1) is 12.3 Å². The molecule has 2 aliphatic heterocycles. The number of esters is 1. The number of carbonyl (C=O) groups excluding carboxylic acids is 1. The normalized spacial score (nSPS) is 44.1. The molecular formula is C41H73N3O10. The fourth-order valence-corrected chi connectivity index (χ4v) is 8.90. The summed E-state index contributed by atoms with van der Waals surface area (Å²) >= 11 is 0. The Hall–Kier alpha value is -1.86. The van der Waals surface area contributed by atoms with Crippen LogP contribution in [0.2, 0.25) is 0 Å². The number of nitrogens with zero attached hydrogens (tertiary/aromatic N) is 3. The van der Waals surface area contributed by atoms with E-state index in [0.717, 1.165) is 25.7 Å². The van der Waals surface area contributed by atoms with E-state index in [1.54, 1.807) is 34.8 Å². The van der Waals surface area contributed by atoms with Crippen molar-refractivity contribution in [3.63, 3.8) is 0 Å². The van der Waals surface area contributed by atoms with Crippen molar-refractivity contribution in [2.75, 3.05) is 34.8 Å². The molecule has 0 amide bonds. The largest absolute Gasteiger partial charge is 0.459 e. The molecule has 0 bridgehead atoms. The molecule has 0 aromatic heterocycles. The van der Waals surface area contributed by atoms with Crippen LogP contribution in [-0.4, -0.2) is 149 Å². The molecule has 2 heterocycles. The number of hydrogen-bond acceptors (Lipinski definition) is 13. The maximum Gasteiger partial charge on any atom is 0.311 e. The van der Waals surface area contributed by atoms with Gasteiger partial charge >= 0.3 is 5.97 Å². The van der Waals surface area contributed by atoms with E-state index in [1.807, 2.05) is 32.7 Å². The molecule has 13 nitrogen and oxygen atoms in total. The van der Waals surface area contributed by atoms with Crippen LogP contribution in [0, 0.1) is 36.0 Å². The fraction of sp³-hybridized carbons (Fsp3) is 0.902. The molecule has 13 heteroatoms. The number of methoxy groups -OCH3 is 1. The molecule has 0 spiro atoms. The lowest BCUT2D eigenvalue weighted by Crippen LogP contribution is -2.60. The van der Waals surface area contributed by atoms with Crippen molar-refractivity contribution in [2.24, 2.45) is 28.8 Å². The highest BCUT2D eigenvalue weighted by Gasteiger charge is 2.52. The highest BCUT2D eigenvalue weighted by atomic mass is 16.7. The van der Waals surface area contributed by atoms with Gasteiger partial charge in [0.1, 0.15) is 23.9 Å². The van der Waals surface area contributed by atoms with Crippen molar-refractivity contribution in [3.8, 4) is 12.3 Å². The lowest BCUT2D eigenvalue weighted by atomic mass is 9.73. The van der Waals surface area contributed by atoms with Crippen molar-refractivity contribution in [2.45, 2.75) is 179 Å². The van der Waals surface area contributed by atoms with Gasteiger partial charge < -0.3 is 49.1 Å². The Bertz CT molecular complexity index is 1250. The number of ether oxygens (including phenoxy) is 4. The van der Waals surface area contributed by atoms with Gasteiger partial charge in [0.05, 0.1) is 41.6 Å². The van der Waals surface area contributed by atoms with Gasteiger partial charge in [0.15, 0.2) is 6.29 Å². The first-order chi connectivity index (χ1) is 25.2. The zero-order chi connectivity index (χ0) is 40.7. The lowest BCUT2D eigenvalue weighted by molar-refractivity contribution is -0.301. The number of oxime groups is 1. The average molecular weight is 768 g/mol. The number of carbonyl (C=O) groups is 1. The summed E-state index contributed by atoms with van der Waals surface area (Å²) in [4.78, 5) is 24.2. The second kappa shape index (κ2) is 20.0. The first-order valence-corrected chi connectivity index (χ1v) is 20.1. The Morgan fingerprint density at radius 2 is 1.63 bits per heavy atom. The summed E-state index contributed by atoms with van der Waals surface area (Å²) in [7, 11) is 7.65. The summed E-state index contributed by atoms with van der Waals surface area (Å²) in [6.07, 6.45) is 3.51. The smallest absolute Gasteiger partial charge is 0.311 e. The minimum atomic E-state index is -1.86. The first kappa shape index (κ1) is 46.5. The lowest BCUT2D eigenvalue weighted by Gasteiger charge is -2.48. The van der Waals surface area contributed by atoms with E-state index in [1.165, 1.54) is 6.92 Å². The number of cyclic esters (lactones) is 1. The van der Waals surface area contributed by atoms with Crippen LogP contribution in [0.15, 0.2) is 5.16 Å². The van der Waals surface area contributed by atoms with E-state index in [0.29, 0.717) is 31.1 Å². The molecule has 1 aliphatic carbocycles. The molecule has 1 saturated carbocycles. The van der Waals surface area contributed by atoms with E-state index in [2.05, 4.69) is 24.9 Å². The Balaban J connectivity index is 2.10. The minimum Gasteiger partial charge on any atom is -0.459 e. The first-order valence-electron chi connectivity index (χ1n) is 20.1. The van der Waals surface area contributed by atoms with Gasteiger partial charge in [-0.1, -0.05) is 32.9 Å². The summed E-state index contributed by atoms with van der Waals surface area (Å²) < 4.78 is 25.2. The van der Waals surface area contributed by atoms with E-state index in [4.69, 9.17) is 35.4 Å². The van der Waals surface area contributed by atoms with Crippen LogP contribution in [-0.2, 0) is 28.6 Å². The molecule has 1 unspecified atom stereocenters. The Morgan fingerprint density at radius 1 is 1.00 bits per heavy atom. The van der Waals surface area contributed by atoms with Gasteiger partial charge in [-0.2, -0.15) is 0 Å². The van der Waals surface area contributed by atoms with E-state index < -0.39 is 77.7 Å². The molecule has 3 fully saturated rings. The monoisotopic (exact) mass is 768 g/mol. The zero-order valence-electron chi connectivity index (χ0n) is 35.1. The van der Waals surface area contributed by atoms with Crippen LogP contribution in [0.4, 0.5) is 0 Å². The van der Waals surface area contributed by atoms with Crippen LogP contribution in [0.3, 0.4) is 0 Å². The standard InChI is InChI=1S/C41H73N3O10/c1-14-16-21-44(12)31-22-25(4)51-39(35(31)46)53-37-27(6)34(45)28(7)38(48)52-32(15-2)41(9,49)36(47)26(5)33(24(3)23-40(37,8)50-13)42-54-30-19-17-29(18-20-30)43(10)11/h1,24-32,34-37,39,45-47,49H,15-23H2,2-13H3/b42-33+/t24-,25-,26+,27+,28-,29?,30?,31+,32-,34?,35-,36-,37-,39+,40-,41-/m1/s1. The number of likely N-dealkylation sites (N-methyl/N-ethyl adjacent to an activating group) is 1. The Morgan fingerprint density at radius 3 is 2.19 bits per heavy atom. The van der Waals surface area contributed by atoms with Gasteiger partial charge in [-0.25, -0.2) is 0 Å². The van der Waals surface area contributed by atoms with Crippen LogP contribution in [0.25, 0.3) is 0 Å². The van der Waals surface area contributed by atoms with Gasteiger partial charge in [0, 0.05) is 49.9 Å². The van der Waals surface area contributed by atoms with Crippen molar-refractivity contribution >= 4 is 11.7 Å². The summed E-state index contributed by atoms with van der Waals surface area (Å²) in [5.74, 6) is -0.983. The molecule has 2 saturated heterocycles. The average Bonchev–Trinajstić information content (AvgIpc) is 3.14. The van der Waals surface area contributed by atoms with Crippen LogP contribution >= 0.6 is 0 Å². The maximum atomic E-state index is 13.7. The molecule has 14 atom stereocenters. The molecule has 0 aromatic rings. The van der Waals surface area contributed by atoms with Gasteiger partial charge in [0.2, 0.25) is 0 Å². The Labute approximate surface area is 325 Å². The third-order valence-corrected chi connectivity index (χ3v) is 12.8. The predicted octanol–water partition coefficient (Wildman–Crippen LogP) is 3.58. The molecule has 54 heavy (non-hydrogen) atoms. The number of hydrogen-bond donors (Lipinski definition) is 4. The van der Waals surface area contributed by atoms with Gasteiger partial charge in [0.25, 0.3) is 0 Å². The van der Waals surface area contributed by atoms with Crippen molar-refractivity contribution < 1.29 is 49.0 Å². The summed E-state index contributed by atoms with van der Waals surface area (Å²) in [6, 6.07) is 0.167. The summed E-state index contributed by atoms with van der Waals surface area (Å²) in [5.41, 5.74) is -2.51. The minimum absolute atomic E-state index is 0.108. The Kier molecular flexibility index (Phi) is 17.2. The predicted molar refractivity (Wildman–Crippen MR) is 207 cm³/mol. The van der Waals surface area contributed by atoms with Crippen molar-refractivity contribution in [1.29, 1.82) is 0 Å². The third-order valence-electron chi connectivity index (χ3n) is 12.8. The zero-order valence-corrected chi connectivity index (χ0v) is 35.1. The molecule has 3 rings (SSSR count). The van der Waals surface area contributed by atoms with E-state index in [-0.39, 0.29) is 31.1 Å². The molecule has 312 valence electrons. The molecule has 3 aliphatic rings. The van der Waals surface area contributed by atoms with Gasteiger partial charge in [-0.3, -0.25) is 9.69 Å². The number of aliphatic hydroxyl groups excluding tert-OH is 3. The maximum absolute atomic E-state index is 13.7. The fourth-order valence-electron chi connectivity index (χ4n) is 8.90. The SMILES string of the molecule is C#CCCN(C)[C@H]1C[C@@H](C)O[C@@H](O[C@@H]2[C@@H](C)C(O)[C@@H](C)C(=O)O[C@H](CC)[C@@](C)(O)[C@H](O)[C@@H](C)/C(=N/OC3CCC(N(C)C)CC3)[C@H](C)C[C@@]2(C)OC)[C@@H]1O. The number of terminal acetylenes is 1.